The number of nitrogens with one attached hydrogen (secondary N) is 2. The van der Waals surface area contributed by atoms with Crippen LogP contribution in [0.25, 0.3) is 0 Å². The van der Waals surface area contributed by atoms with Crippen molar-refractivity contribution in [3.8, 4) is 0 Å². The minimum Gasteiger partial charge on any atom is -0.352 e. The van der Waals surface area contributed by atoms with E-state index in [1.807, 2.05) is 12.1 Å². The van der Waals surface area contributed by atoms with Crippen molar-refractivity contribution in [3.63, 3.8) is 0 Å². The lowest BCUT2D eigenvalue weighted by atomic mass is 9.94. The Morgan fingerprint density at radius 1 is 0.962 bits per heavy atom. The van der Waals surface area contributed by atoms with E-state index in [4.69, 9.17) is 5.73 Å². The Labute approximate surface area is 155 Å². The van der Waals surface area contributed by atoms with E-state index in [9.17, 15) is 9.59 Å². The van der Waals surface area contributed by atoms with E-state index in [1.165, 1.54) is 5.56 Å². The highest BCUT2D eigenvalue weighted by Crippen LogP contribution is 2.23. The first kappa shape index (κ1) is 19.5. The van der Waals surface area contributed by atoms with Gasteiger partial charge in [0.15, 0.2) is 0 Å². The molecule has 5 heteroatoms. The molecule has 4 N–H and O–H groups in total. The average molecular weight is 353 g/mol. The highest BCUT2D eigenvalue weighted by molar-refractivity contribution is 5.94. The zero-order valence-corrected chi connectivity index (χ0v) is 15.6. The van der Waals surface area contributed by atoms with Gasteiger partial charge < -0.3 is 16.4 Å². The number of aryl methyl sites for hydroxylation is 1. The van der Waals surface area contributed by atoms with Crippen molar-refractivity contribution in [2.75, 3.05) is 0 Å². The fourth-order valence-electron chi connectivity index (χ4n) is 2.78. The van der Waals surface area contributed by atoms with Gasteiger partial charge >= 0.3 is 6.03 Å². The van der Waals surface area contributed by atoms with E-state index >= 15 is 0 Å². The summed E-state index contributed by atoms with van der Waals surface area (Å²) in [6.07, 6.45) is 0.996. The van der Waals surface area contributed by atoms with Crippen molar-refractivity contribution >= 4 is 11.9 Å². The molecule has 0 fully saturated rings. The second-order valence-electron chi connectivity index (χ2n) is 6.71. The first-order chi connectivity index (χ1) is 12.4. The third-order valence-corrected chi connectivity index (χ3v) is 4.38. The van der Waals surface area contributed by atoms with Crippen LogP contribution in [0, 0.1) is 5.92 Å². The van der Waals surface area contributed by atoms with Crippen LogP contribution < -0.4 is 16.4 Å². The van der Waals surface area contributed by atoms with Crippen LogP contribution in [0.5, 0.6) is 0 Å². The summed E-state index contributed by atoms with van der Waals surface area (Å²) >= 11 is 0. The van der Waals surface area contributed by atoms with Gasteiger partial charge in [-0.3, -0.25) is 4.79 Å². The molecule has 26 heavy (non-hydrogen) atoms. The monoisotopic (exact) mass is 353 g/mol. The van der Waals surface area contributed by atoms with Gasteiger partial charge in [-0.25, -0.2) is 4.79 Å². The van der Waals surface area contributed by atoms with Crippen LogP contribution >= 0.6 is 0 Å². The van der Waals surface area contributed by atoms with Gasteiger partial charge in [-0.05, 0) is 41.2 Å². The Kier molecular flexibility index (Phi) is 6.78. The summed E-state index contributed by atoms with van der Waals surface area (Å²) in [5.41, 5.74) is 8.92. The highest BCUT2D eigenvalue weighted by atomic mass is 16.2. The predicted octanol–water partition coefficient (Wildman–Crippen LogP) is 3.54. The van der Waals surface area contributed by atoms with Crippen LogP contribution in [0.4, 0.5) is 4.79 Å². The van der Waals surface area contributed by atoms with E-state index in [2.05, 4.69) is 55.7 Å². The minimum atomic E-state index is -0.569. The van der Waals surface area contributed by atoms with E-state index in [0.717, 1.165) is 17.5 Å². The van der Waals surface area contributed by atoms with Crippen LogP contribution in [0.2, 0.25) is 0 Å². The predicted molar refractivity (Wildman–Crippen MR) is 104 cm³/mol. The Hall–Kier alpha value is -2.82. The summed E-state index contributed by atoms with van der Waals surface area (Å²) in [4.78, 5) is 23.4. The highest BCUT2D eigenvalue weighted by Gasteiger charge is 2.19. The summed E-state index contributed by atoms with van der Waals surface area (Å²) in [6, 6.07) is 14.9. The molecule has 2 aromatic rings. The van der Waals surface area contributed by atoms with Gasteiger partial charge in [0.25, 0.3) is 5.91 Å². The molecular weight excluding hydrogens is 326 g/mol. The summed E-state index contributed by atoms with van der Waals surface area (Å²) in [5, 5.41) is 5.65. The molecular formula is C21H27N3O2. The lowest BCUT2D eigenvalue weighted by Crippen LogP contribution is -2.31. The van der Waals surface area contributed by atoms with Gasteiger partial charge in [0.1, 0.15) is 0 Å². The van der Waals surface area contributed by atoms with Crippen LogP contribution in [0.15, 0.2) is 48.5 Å². The molecule has 0 radical (unpaired) electrons. The molecule has 0 aliphatic rings. The number of nitrogens with two attached hydrogens (primary N) is 1. The number of hydrogen-bond acceptors (Lipinski definition) is 2. The minimum absolute atomic E-state index is 0.0513. The fraction of sp³-hybridized carbons (Fsp3) is 0.333. The molecule has 1 unspecified atom stereocenters. The maximum atomic E-state index is 12.6. The Morgan fingerprint density at radius 2 is 1.54 bits per heavy atom. The van der Waals surface area contributed by atoms with Gasteiger partial charge in [-0.15, -0.1) is 0 Å². The number of benzene rings is 2. The van der Waals surface area contributed by atoms with E-state index < -0.39 is 6.03 Å². The van der Waals surface area contributed by atoms with Crippen molar-refractivity contribution in [2.24, 2.45) is 11.7 Å². The third-order valence-electron chi connectivity index (χ3n) is 4.38. The average Bonchev–Trinajstić information content (AvgIpc) is 2.64. The Bertz CT molecular complexity index is 737. The zero-order valence-electron chi connectivity index (χ0n) is 15.6. The first-order valence-electron chi connectivity index (χ1n) is 8.92. The smallest absolute Gasteiger partial charge is 0.312 e. The quantitative estimate of drug-likeness (QED) is 0.711. The zero-order chi connectivity index (χ0) is 19.1. The molecule has 0 bridgehead atoms. The summed E-state index contributed by atoms with van der Waals surface area (Å²) in [6.45, 7) is 6.66. The van der Waals surface area contributed by atoms with Crippen molar-refractivity contribution in [3.05, 3.63) is 70.8 Å². The maximum absolute atomic E-state index is 12.6. The Morgan fingerprint density at radius 3 is 2.04 bits per heavy atom. The Balaban J connectivity index is 2.08. The van der Waals surface area contributed by atoms with Gasteiger partial charge in [0.05, 0.1) is 6.04 Å². The molecule has 0 saturated carbocycles. The number of primary amides is 1. The third kappa shape index (κ3) is 5.34. The number of carbonyl (C=O) groups excluding carboxylic acids is 2. The molecule has 2 rings (SSSR count). The van der Waals surface area contributed by atoms with Crippen LogP contribution in [0.1, 0.15) is 53.9 Å². The first-order valence-corrected chi connectivity index (χ1v) is 8.92. The van der Waals surface area contributed by atoms with Crippen LogP contribution in [0.3, 0.4) is 0 Å². The molecule has 0 spiro atoms. The second kappa shape index (κ2) is 9.04. The van der Waals surface area contributed by atoms with Crippen molar-refractivity contribution in [1.82, 2.24) is 10.6 Å². The van der Waals surface area contributed by atoms with Crippen molar-refractivity contribution in [1.29, 1.82) is 0 Å². The molecule has 0 aromatic heterocycles. The van der Waals surface area contributed by atoms with Gasteiger partial charge in [0, 0.05) is 12.1 Å². The largest absolute Gasteiger partial charge is 0.352 e. The number of hydrogen-bond donors (Lipinski definition) is 3. The van der Waals surface area contributed by atoms with Gasteiger partial charge in [-0.1, -0.05) is 57.2 Å². The van der Waals surface area contributed by atoms with Crippen molar-refractivity contribution < 1.29 is 9.59 Å². The maximum Gasteiger partial charge on any atom is 0.312 e. The molecule has 0 aliphatic carbocycles. The standard InChI is InChI=1S/C21H27N3O2/c1-4-15-5-9-17(10-6-15)19(14(2)3)24-20(25)18-11-7-16(8-12-18)13-23-21(22)26/h5-12,14,19H,4,13H2,1-3H3,(H,24,25)(H3,22,23,26). The molecule has 3 amide bonds. The lowest BCUT2D eigenvalue weighted by Gasteiger charge is -2.23. The number of amides is 3. The van der Waals surface area contributed by atoms with Gasteiger partial charge in [-0.2, -0.15) is 0 Å². The molecule has 1 atom stereocenters. The summed E-state index contributed by atoms with van der Waals surface area (Å²) in [5.74, 6) is 0.156. The van der Waals surface area contributed by atoms with E-state index in [0.29, 0.717) is 12.1 Å². The normalized spacial score (nSPS) is 11.8. The fourth-order valence-corrected chi connectivity index (χ4v) is 2.78. The van der Waals surface area contributed by atoms with Crippen LogP contribution in [-0.4, -0.2) is 11.9 Å². The second-order valence-corrected chi connectivity index (χ2v) is 6.71. The van der Waals surface area contributed by atoms with Gasteiger partial charge in [0.2, 0.25) is 0 Å². The lowest BCUT2D eigenvalue weighted by molar-refractivity contribution is 0.0925. The molecule has 0 aliphatic heterocycles. The SMILES string of the molecule is CCc1ccc(C(NC(=O)c2ccc(CNC(N)=O)cc2)C(C)C)cc1. The number of carbonyl (C=O) groups is 2. The van der Waals surface area contributed by atoms with E-state index in [-0.39, 0.29) is 17.9 Å². The molecule has 2 aromatic carbocycles. The molecule has 5 nitrogen and oxygen atoms in total. The number of rotatable bonds is 7. The summed E-state index contributed by atoms with van der Waals surface area (Å²) < 4.78 is 0. The molecule has 138 valence electrons. The topological polar surface area (TPSA) is 84.2 Å². The summed E-state index contributed by atoms with van der Waals surface area (Å²) in [7, 11) is 0. The molecule has 0 saturated heterocycles. The van der Waals surface area contributed by atoms with E-state index in [1.54, 1.807) is 12.1 Å². The molecule has 0 heterocycles. The van der Waals surface area contributed by atoms with Crippen molar-refractivity contribution in [2.45, 2.75) is 39.8 Å². The number of urea groups is 1. The van der Waals surface area contributed by atoms with Crippen LogP contribution in [-0.2, 0) is 13.0 Å².